The van der Waals surface area contributed by atoms with Gasteiger partial charge in [-0.05, 0) is 68.5 Å². The minimum absolute atomic E-state index is 0.0392. The Morgan fingerprint density at radius 2 is 1.96 bits per heavy atom. The highest BCUT2D eigenvalue weighted by atomic mass is 19.1. The Morgan fingerprint density at radius 3 is 2.71 bits per heavy atom. The average molecular weight is 383 g/mol. The maximum atomic E-state index is 13.0. The van der Waals surface area contributed by atoms with E-state index in [0.717, 1.165) is 31.4 Å². The molecule has 0 saturated carbocycles. The molecule has 1 aliphatic heterocycles. The summed E-state index contributed by atoms with van der Waals surface area (Å²) in [5.41, 5.74) is 2.30. The van der Waals surface area contributed by atoms with Gasteiger partial charge in [0, 0.05) is 23.8 Å². The zero-order valence-corrected chi connectivity index (χ0v) is 16.0. The number of urea groups is 1. The zero-order valence-electron chi connectivity index (χ0n) is 16.0. The van der Waals surface area contributed by atoms with Crippen LogP contribution in [0, 0.1) is 11.7 Å². The van der Waals surface area contributed by atoms with E-state index in [-0.39, 0.29) is 23.7 Å². The van der Waals surface area contributed by atoms with Crippen LogP contribution >= 0.6 is 0 Å². The van der Waals surface area contributed by atoms with Gasteiger partial charge in [0.2, 0.25) is 0 Å². The van der Waals surface area contributed by atoms with Gasteiger partial charge in [-0.1, -0.05) is 24.3 Å². The molecule has 3 rings (SSSR count). The molecule has 0 aromatic heterocycles. The van der Waals surface area contributed by atoms with Crippen LogP contribution in [0.15, 0.2) is 48.5 Å². The summed E-state index contributed by atoms with van der Waals surface area (Å²) in [4.78, 5) is 23.6. The predicted molar refractivity (Wildman–Crippen MR) is 108 cm³/mol. The van der Waals surface area contributed by atoms with Crippen molar-refractivity contribution in [2.75, 3.05) is 18.4 Å². The van der Waals surface area contributed by atoms with Crippen molar-refractivity contribution in [3.63, 3.8) is 0 Å². The van der Waals surface area contributed by atoms with Crippen LogP contribution < -0.4 is 16.0 Å². The molecule has 1 heterocycles. The normalized spacial score (nSPS) is 19.1. The number of carbonyl (C=O) groups is 2. The van der Waals surface area contributed by atoms with Crippen LogP contribution in [0.25, 0.3) is 0 Å². The number of anilines is 1. The summed E-state index contributed by atoms with van der Waals surface area (Å²) in [6, 6.07) is 13.5. The van der Waals surface area contributed by atoms with Crippen molar-refractivity contribution in [1.29, 1.82) is 0 Å². The van der Waals surface area contributed by atoms with Gasteiger partial charge in [0.15, 0.2) is 5.78 Å². The van der Waals surface area contributed by atoms with E-state index in [2.05, 4.69) is 16.0 Å². The monoisotopic (exact) mass is 383 g/mol. The topological polar surface area (TPSA) is 70.2 Å². The van der Waals surface area contributed by atoms with Gasteiger partial charge >= 0.3 is 6.03 Å². The van der Waals surface area contributed by atoms with Crippen LogP contribution in [-0.2, 0) is 6.42 Å². The Morgan fingerprint density at radius 1 is 1.18 bits per heavy atom. The maximum absolute atomic E-state index is 13.0. The first kappa shape index (κ1) is 20.0. The van der Waals surface area contributed by atoms with Gasteiger partial charge in [-0.3, -0.25) is 4.79 Å². The van der Waals surface area contributed by atoms with Crippen molar-refractivity contribution in [3.8, 4) is 0 Å². The Labute approximate surface area is 164 Å². The van der Waals surface area contributed by atoms with E-state index in [0.29, 0.717) is 23.7 Å². The maximum Gasteiger partial charge on any atom is 0.319 e. The highest BCUT2D eigenvalue weighted by Gasteiger charge is 2.22. The van der Waals surface area contributed by atoms with Crippen molar-refractivity contribution < 1.29 is 14.0 Å². The van der Waals surface area contributed by atoms with Gasteiger partial charge in [0.05, 0.1) is 0 Å². The number of amides is 2. The van der Waals surface area contributed by atoms with Gasteiger partial charge in [-0.2, -0.15) is 0 Å². The number of halogens is 1. The highest BCUT2D eigenvalue weighted by Crippen LogP contribution is 2.21. The van der Waals surface area contributed by atoms with Crippen molar-refractivity contribution in [2.24, 2.45) is 5.92 Å². The van der Waals surface area contributed by atoms with Crippen LogP contribution in [0.5, 0.6) is 0 Å². The predicted octanol–water partition coefficient (Wildman–Crippen LogP) is 3.76. The first-order chi connectivity index (χ1) is 13.5. The molecule has 2 amide bonds. The number of piperidine rings is 1. The lowest BCUT2D eigenvalue weighted by molar-refractivity contribution is 0.101. The summed E-state index contributed by atoms with van der Waals surface area (Å²) in [5, 5.41) is 9.10. The molecule has 0 radical (unpaired) electrons. The number of nitrogens with one attached hydrogen (secondary N) is 3. The lowest BCUT2D eigenvalue weighted by atomic mass is 9.87. The minimum atomic E-state index is -0.289. The number of hydrogen-bond acceptors (Lipinski definition) is 3. The summed E-state index contributed by atoms with van der Waals surface area (Å²) < 4.78 is 13.0. The molecule has 148 valence electrons. The molecule has 2 aromatic rings. The summed E-state index contributed by atoms with van der Waals surface area (Å²) in [5.74, 6) is 0.257. The lowest BCUT2D eigenvalue weighted by Crippen LogP contribution is -2.47. The van der Waals surface area contributed by atoms with Crippen LogP contribution in [0.2, 0.25) is 0 Å². The SMILES string of the molecule is CC(=O)c1cccc(NC(=O)NC[C@H]2C[C@H](Cc3ccc(F)cc3)CCN2)c1. The molecule has 3 N–H and O–H groups in total. The molecule has 0 spiro atoms. The lowest BCUT2D eigenvalue weighted by Gasteiger charge is -2.30. The largest absolute Gasteiger partial charge is 0.336 e. The molecule has 2 aromatic carbocycles. The third-order valence-electron chi connectivity index (χ3n) is 5.08. The van der Waals surface area contributed by atoms with E-state index in [9.17, 15) is 14.0 Å². The van der Waals surface area contributed by atoms with Gasteiger partial charge < -0.3 is 16.0 Å². The molecule has 1 fully saturated rings. The number of carbonyl (C=O) groups excluding carboxylic acids is 2. The van der Waals surface area contributed by atoms with Gasteiger partial charge in [-0.15, -0.1) is 0 Å². The minimum Gasteiger partial charge on any atom is -0.336 e. The fraction of sp³-hybridized carbons (Fsp3) is 0.364. The third kappa shape index (κ3) is 5.89. The standard InChI is InChI=1S/C22H26FN3O2/c1-15(27)18-3-2-4-20(13-18)26-22(28)25-14-21-12-17(9-10-24-21)11-16-5-7-19(23)8-6-16/h2-8,13,17,21,24H,9-12,14H2,1H3,(H2,25,26,28)/t17-,21+/m0/s1. The van der Waals surface area contributed by atoms with Gasteiger partial charge in [0.25, 0.3) is 0 Å². The molecule has 6 heteroatoms. The van der Waals surface area contributed by atoms with Crippen LogP contribution in [0.4, 0.5) is 14.9 Å². The first-order valence-corrected chi connectivity index (χ1v) is 9.63. The van der Waals surface area contributed by atoms with Crippen molar-refractivity contribution in [3.05, 3.63) is 65.5 Å². The second-order valence-electron chi connectivity index (χ2n) is 7.34. The molecular weight excluding hydrogens is 357 g/mol. The molecule has 0 unspecified atom stereocenters. The number of benzene rings is 2. The fourth-order valence-corrected chi connectivity index (χ4v) is 3.60. The summed E-state index contributed by atoms with van der Waals surface area (Å²) >= 11 is 0. The molecule has 0 bridgehead atoms. The van der Waals surface area contributed by atoms with Crippen LogP contribution in [0.1, 0.15) is 35.7 Å². The number of ketones is 1. The van der Waals surface area contributed by atoms with E-state index >= 15 is 0 Å². The van der Waals surface area contributed by atoms with Gasteiger partial charge in [0.1, 0.15) is 5.82 Å². The van der Waals surface area contributed by atoms with E-state index in [4.69, 9.17) is 0 Å². The van der Waals surface area contributed by atoms with E-state index in [1.54, 1.807) is 24.3 Å². The highest BCUT2D eigenvalue weighted by molar-refractivity contribution is 5.96. The molecule has 2 atom stereocenters. The molecule has 0 aliphatic carbocycles. The molecule has 1 saturated heterocycles. The van der Waals surface area contributed by atoms with Crippen molar-refractivity contribution in [1.82, 2.24) is 10.6 Å². The number of rotatable bonds is 6. The quantitative estimate of drug-likeness (QED) is 0.665. The first-order valence-electron chi connectivity index (χ1n) is 9.63. The van der Waals surface area contributed by atoms with Gasteiger partial charge in [-0.25, -0.2) is 9.18 Å². The number of hydrogen-bond donors (Lipinski definition) is 3. The van der Waals surface area contributed by atoms with Crippen molar-refractivity contribution in [2.45, 2.75) is 32.2 Å². The zero-order chi connectivity index (χ0) is 19.9. The smallest absolute Gasteiger partial charge is 0.319 e. The Hall–Kier alpha value is -2.73. The Bertz CT molecular complexity index is 823. The third-order valence-corrected chi connectivity index (χ3v) is 5.08. The molecule has 1 aliphatic rings. The van der Waals surface area contributed by atoms with E-state index < -0.39 is 0 Å². The fourth-order valence-electron chi connectivity index (χ4n) is 3.60. The molecule has 28 heavy (non-hydrogen) atoms. The average Bonchev–Trinajstić information content (AvgIpc) is 2.69. The molecular formula is C22H26FN3O2. The van der Waals surface area contributed by atoms with Crippen molar-refractivity contribution >= 4 is 17.5 Å². The summed E-state index contributed by atoms with van der Waals surface area (Å²) in [6.45, 7) is 2.93. The number of Topliss-reactive ketones (excluding diaryl/α,β-unsaturated/α-hetero) is 1. The second kappa shape index (κ2) is 9.46. The second-order valence-corrected chi connectivity index (χ2v) is 7.34. The van der Waals surface area contributed by atoms with E-state index in [1.165, 1.54) is 19.1 Å². The summed E-state index contributed by atoms with van der Waals surface area (Å²) in [6.07, 6.45) is 2.94. The Kier molecular flexibility index (Phi) is 6.76. The van der Waals surface area contributed by atoms with E-state index in [1.807, 2.05) is 12.1 Å². The summed E-state index contributed by atoms with van der Waals surface area (Å²) in [7, 11) is 0. The Balaban J connectivity index is 1.46. The van der Waals surface area contributed by atoms with Crippen LogP contribution in [0.3, 0.4) is 0 Å². The molecule has 5 nitrogen and oxygen atoms in total. The van der Waals surface area contributed by atoms with Crippen LogP contribution in [-0.4, -0.2) is 30.9 Å².